The average molecular weight is 654 g/mol. The van der Waals surface area contributed by atoms with Gasteiger partial charge in [0, 0.05) is 25.8 Å². The van der Waals surface area contributed by atoms with Crippen LogP contribution < -0.4 is 21.6 Å². The molecule has 4 rings (SSSR count). The van der Waals surface area contributed by atoms with Crippen LogP contribution in [0.1, 0.15) is 52.0 Å². The second-order valence-corrected chi connectivity index (χ2v) is 13.1. The molecule has 0 saturated carbocycles. The van der Waals surface area contributed by atoms with Gasteiger partial charge in [-0.2, -0.15) is 14.0 Å². The summed E-state index contributed by atoms with van der Waals surface area (Å²) < 4.78 is 37.0. The molecule has 0 aliphatic carbocycles. The fourth-order valence-corrected chi connectivity index (χ4v) is 7.27. The van der Waals surface area contributed by atoms with E-state index in [1.807, 2.05) is 24.6 Å². The first-order valence-corrected chi connectivity index (χ1v) is 16.7. The first-order chi connectivity index (χ1) is 21.6. The third-order valence-corrected chi connectivity index (χ3v) is 9.97. The zero-order valence-electron chi connectivity index (χ0n) is 26.3. The standard InChI is InChI=1S/C29H44N6O9S/c1-5-8-20-17-34(7-3)26-25(20)30-27(31-28(26)36)23-16-22(9-10-24(23)42-15-6-2)45(39,40)35-13-11-21(12-14-35)29(37,18-43-32-38)19-44-33-41-4/h9-10,16-17,21,37H,5-8,11-15,18-19,32-33H2,1-4H3/p+1. The lowest BCUT2D eigenvalue weighted by molar-refractivity contribution is -1.07. The van der Waals surface area contributed by atoms with Crippen molar-refractivity contribution in [1.82, 2.24) is 18.8 Å². The fourth-order valence-electron chi connectivity index (χ4n) is 5.78. The second-order valence-electron chi connectivity index (χ2n) is 11.1. The summed E-state index contributed by atoms with van der Waals surface area (Å²) in [5, 5.41) is 22.1. The van der Waals surface area contributed by atoms with Crippen LogP contribution in [0.5, 0.6) is 5.75 Å². The number of aryl methyl sites for hydroxylation is 2. The van der Waals surface area contributed by atoms with Crippen molar-refractivity contribution >= 4 is 21.1 Å². The van der Waals surface area contributed by atoms with Gasteiger partial charge in [0.05, 0.1) is 29.7 Å². The molecule has 0 amide bonds. The molecule has 250 valence electrons. The topological polar surface area (TPSA) is 201 Å². The molecule has 3 aromatic rings. The van der Waals surface area contributed by atoms with Crippen molar-refractivity contribution in [1.29, 1.82) is 0 Å². The van der Waals surface area contributed by atoms with E-state index in [-0.39, 0.29) is 48.2 Å². The Kier molecular flexibility index (Phi) is 12.1. The number of aromatic amines is 1. The number of aliphatic hydroxyl groups is 1. The van der Waals surface area contributed by atoms with Gasteiger partial charge in [-0.05, 0) is 62.3 Å². The summed E-state index contributed by atoms with van der Waals surface area (Å²) in [7, 11) is -2.58. The van der Waals surface area contributed by atoms with Gasteiger partial charge in [-0.15, -0.1) is 0 Å². The largest absolute Gasteiger partial charge is 0.601 e. The quantitative estimate of drug-likeness (QED) is 0.116. The van der Waals surface area contributed by atoms with E-state index in [4.69, 9.17) is 24.2 Å². The smallest absolute Gasteiger partial charge is 0.275 e. The molecule has 0 bridgehead atoms. The fraction of sp³-hybridized carbons (Fsp3) is 0.586. The van der Waals surface area contributed by atoms with E-state index in [0.29, 0.717) is 48.3 Å². The maximum Gasteiger partial charge on any atom is 0.275 e. The number of nitrogens with two attached hydrogens (primary N) is 2. The molecule has 1 atom stereocenters. The van der Waals surface area contributed by atoms with Gasteiger partial charge >= 0.3 is 0 Å². The number of nitrogens with zero attached hydrogens (tertiary/aromatic N) is 3. The number of H-pyrrole nitrogens is 1. The van der Waals surface area contributed by atoms with E-state index in [9.17, 15) is 23.5 Å². The average Bonchev–Trinajstić information content (AvgIpc) is 3.41. The second kappa shape index (κ2) is 15.6. The van der Waals surface area contributed by atoms with Crippen molar-refractivity contribution in [3.8, 4) is 17.1 Å². The van der Waals surface area contributed by atoms with E-state index in [2.05, 4.69) is 11.9 Å². The lowest BCUT2D eigenvalue weighted by Gasteiger charge is -2.39. The molecule has 16 heteroatoms. The van der Waals surface area contributed by atoms with Crippen molar-refractivity contribution in [3.05, 3.63) is 45.5 Å². The van der Waals surface area contributed by atoms with Crippen molar-refractivity contribution in [2.24, 2.45) is 5.92 Å². The maximum atomic E-state index is 13.9. The number of rotatable bonds is 17. The highest BCUT2D eigenvalue weighted by atomic mass is 32.2. The number of piperidine rings is 1. The lowest BCUT2D eigenvalue weighted by atomic mass is 9.82. The Morgan fingerprint density at radius 3 is 2.53 bits per heavy atom. The van der Waals surface area contributed by atoms with Crippen LogP contribution in [0.15, 0.2) is 34.1 Å². The van der Waals surface area contributed by atoms with Crippen molar-refractivity contribution in [2.45, 2.75) is 69.9 Å². The van der Waals surface area contributed by atoms with E-state index >= 15 is 0 Å². The van der Waals surface area contributed by atoms with Gasteiger partial charge in [-0.3, -0.25) is 4.79 Å². The molecule has 2 aromatic heterocycles. The van der Waals surface area contributed by atoms with E-state index in [0.717, 1.165) is 30.5 Å². The summed E-state index contributed by atoms with van der Waals surface area (Å²) in [6.07, 6.45) is 4.92. The molecular weight excluding hydrogens is 608 g/mol. The molecule has 1 saturated heterocycles. The number of fused-ring (bicyclic) bond motifs is 1. The predicted molar refractivity (Wildman–Crippen MR) is 164 cm³/mol. The van der Waals surface area contributed by atoms with Crippen LogP contribution in [0, 0.1) is 11.1 Å². The van der Waals surface area contributed by atoms with Crippen LogP contribution in [0.25, 0.3) is 22.4 Å². The molecular formula is C29H45N6O9S+. The Hall–Kier alpha value is -2.93. The molecule has 45 heavy (non-hydrogen) atoms. The van der Waals surface area contributed by atoms with Crippen LogP contribution in [0.3, 0.4) is 0 Å². The monoisotopic (exact) mass is 653 g/mol. The zero-order valence-corrected chi connectivity index (χ0v) is 27.1. The summed E-state index contributed by atoms with van der Waals surface area (Å²) in [6, 6.07) is 4.58. The van der Waals surface area contributed by atoms with Crippen molar-refractivity contribution in [3.63, 3.8) is 0 Å². The van der Waals surface area contributed by atoms with Gasteiger partial charge in [0.15, 0.2) is 0 Å². The van der Waals surface area contributed by atoms with Crippen LogP contribution in [0.2, 0.25) is 0 Å². The summed E-state index contributed by atoms with van der Waals surface area (Å²) in [5.74, 6) is 0.244. The Morgan fingerprint density at radius 2 is 1.89 bits per heavy atom. The number of benzene rings is 1. The number of nitrogens with one attached hydrogen (secondary N) is 1. The molecule has 1 aliphatic rings. The molecule has 15 nitrogen and oxygen atoms in total. The number of quaternary nitrogens is 2. The zero-order chi connectivity index (χ0) is 32.6. The van der Waals surface area contributed by atoms with Gasteiger partial charge in [-0.1, -0.05) is 25.9 Å². The van der Waals surface area contributed by atoms with Gasteiger partial charge in [0.25, 0.3) is 5.56 Å². The Morgan fingerprint density at radius 1 is 1.16 bits per heavy atom. The van der Waals surface area contributed by atoms with Gasteiger partial charge in [0.2, 0.25) is 10.0 Å². The molecule has 3 heterocycles. The number of hydrogen-bond donors (Lipinski definition) is 4. The number of aromatic nitrogens is 3. The third kappa shape index (κ3) is 7.73. The normalized spacial score (nSPS) is 16.3. The Bertz CT molecular complexity index is 1590. The third-order valence-electron chi connectivity index (χ3n) is 8.08. The van der Waals surface area contributed by atoms with Crippen molar-refractivity contribution in [2.75, 3.05) is 40.0 Å². The first kappa shape index (κ1) is 34.9. The van der Waals surface area contributed by atoms with Gasteiger partial charge in [0.1, 0.15) is 35.9 Å². The highest BCUT2D eigenvalue weighted by Gasteiger charge is 2.43. The number of hydrogen-bond acceptors (Lipinski definition) is 10. The van der Waals surface area contributed by atoms with E-state index in [1.54, 1.807) is 6.07 Å². The Labute approximate surface area is 262 Å². The highest BCUT2D eigenvalue weighted by molar-refractivity contribution is 7.89. The molecule has 1 fully saturated rings. The van der Waals surface area contributed by atoms with Crippen LogP contribution in [-0.2, 0) is 37.5 Å². The SMILES string of the molecule is CCCOc1ccc(S(=O)(=O)N2CCC(C(O)(CO[NH2+][O-])CO[NH2+]OC)CC2)cc1-c1nc2c(CCC)cn(CC)c2c(=O)[nH]1. The predicted octanol–water partition coefficient (Wildman–Crippen LogP) is 0.334. The summed E-state index contributed by atoms with van der Waals surface area (Å²) in [5.41, 5.74) is 1.88. The van der Waals surface area contributed by atoms with Gasteiger partial charge in [-0.25, -0.2) is 23.9 Å². The molecule has 6 N–H and O–H groups in total. The van der Waals surface area contributed by atoms with E-state index < -0.39 is 21.5 Å². The molecule has 0 radical (unpaired) electrons. The Balaban J connectivity index is 1.66. The summed E-state index contributed by atoms with van der Waals surface area (Å²) >= 11 is 0. The van der Waals surface area contributed by atoms with Gasteiger partial charge < -0.3 is 24.6 Å². The minimum absolute atomic E-state index is 0.0278. The number of ether oxygens (including phenoxy) is 1. The minimum Gasteiger partial charge on any atom is -0.601 e. The van der Waals surface area contributed by atoms with Crippen molar-refractivity contribution < 1.29 is 44.1 Å². The lowest BCUT2D eigenvalue weighted by Crippen LogP contribution is -2.83. The van der Waals surface area contributed by atoms with E-state index in [1.165, 1.54) is 23.5 Å². The first-order valence-electron chi connectivity index (χ1n) is 15.3. The summed E-state index contributed by atoms with van der Waals surface area (Å²) in [4.78, 5) is 36.0. The number of sulfonamides is 1. The van der Waals surface area contributed by atoms with Crippen LogP contribution in [-0.4, -0.2) is 78.0 Å². The van der Waals surface area contributed by atoms with Crippen LogP contribution in [0.4, 0.5) is 0 Å². The van der Waals surface area contributed by atoms with Crippen LogP contribution >= 0.6 is 0 Å². The molecule has 1 aromatic carbocycles. The maximum absolute atomic E-state index is 13.9. The summed E-state index contributed by atoms with van der Waals surface area (Å²) in [6.45, 7) is 6.76. The highest BCUT2D eigenvalue weighted by Crippen LogP contribution is 2.35. The molecule has 0 spiro atoms. The molecule has 1 unspecified atom stereocenters. The molecule has 1 aliphatic heterocycles. The minimum atomic E-state index is -3.98.